The maximum absolute atomic E-state index is 6.12. The van der Waals surface area contributed by atoms with Crippen molar-refractivity contribution in [1.82, 2.24) is 9.55 Å². The quantitative estimate of drug-likeness (QED) is 0.851. The Hall–Kier alpha value is -0.580. The summed E-state index contributed by atoms with van der Waals surface area (Å²) in [6.45, 7) is 5.24. The van der Waals surface area contributed by atoms with Crippen molar-refractivity contribution >= 4 is 51.9 Å². The summed E-state index contributed by atoms with van der Waals surface area (Å²) in [5, 5.41) is 1.04. The molecular formula is C14H19Cl2N3S. The molecule has 2 rings (SSSR count). The number of nitrogens with zero attached hydrogens (tertiary/aromatic N) is 2. The molecule has 0 saturated carbocycles. The first-order valence-electron chi connectivity index (χ1n) is 6.62. The molecule has 0 spiro atoms. The van der Waals surface area contributed by atoms with Gasteiger partial charge in [-0.15, -0.1) is 0 Å². The molecule has 0 amide bonds. The van der Waals surface area contributed by atoms with Crippen LogP contribution in [0, 0.1) is 0 Å². The Balaban J connectivity index is 2.54. The van der Waals surface area contributed by atoms with E-state index in [4.69, 9.17) is 28.9 Å². The van der Waals surface area contributed by atoms with Crippen molar-refractivity contribution in [2.75, 3.05) is 12.0 Å². The fourth-order valence-corrected chi connectivity index (χ4v) is 3.57. The average Bonchev–Trinajstić information content (AvgIpc) is 2.72. The highest BCUT2D eigenvalue weighted by atomic mass is 35.5. The molecule has 1 heterocycles. The number of aromatic nitrogens is 2. The Kier molecular flexibility index (Phi) is 4.77. The molecular weight excluding hydrogens is 313 g/mol. The van der Waals surface area contributed by atoms with Gasteiger partial charge in [0.15, 0.2) is 0 Å². The topological polar surface area (TPSA) is 43.8 Å². The number of nitrogen functional groups attached to an aromatic ring is 1. The summed E-state index contributed by atoms with van der Waals surface area (Å²) in [5.74, 6) is 0.513. The molecule has 0 fully saturated rings. The molecule has 0 radical (unpaired) electrons. The fraction of sp³-hybridized carbons (Fsp3) is 0.500. The number of imidazole rings is 1. The summed E-state index contributed by atoms with van der Waals surface area (Å²) in [6, 6.07) is 3.61. The van der Waals surface area contributed by atoms with Gasteiger partial charge in [0, 0.05) is 11.3 Å². The number of anilines is 1. The van der Waals surface area contributed by atoms with Crippen LogP contribution in [0.15, 0.2) is 12.1 Å². The second kappa shape index (κ2) is 6.04. The Morgan fingerprint density at radius 3 is 2.40 bits per heavy atom. The molecule has 3 nitrogen and oxygen atoms in total. The van der Waals surface area contributed by atoms with Gasteiger partial charge in [-0.3, -0.25) is 0 Å². The van der Waals surface area contributed by atoms with E-state index in [-0.39, 0.29) is 4.75 Å². The van der Waals surface area contributed by atoms with Gasteiger partial charge in [-0.05, 0) is 31.2 Å². The fourth-order valence-electron chi connectivity index (χ4n) is 2.42. The normalized spacial score (nSPS) is 12.2. The first kappa shape index (κ1) is 15.8. The van der Waals surface area contributed by atoms with Crippen molar-refractivity contribution in [2.24, 2.45) is 0 Å². The van der Waals surface area contributed by atoms with E-state index in [1.54, 1.807) is 6.07 Å². The van der Waals surface area contributed by atoms with Gasteiger partial charge in [-0.2, -0.15) is 11.8 Å². The third-order valence-electron chi connectivity index (χ3n) is 3.99. The monoisotopic (exact) mass is 331 g/mol. The highest BCUT2D eigenvalue weighted by Gasteiger charge is 2.27. The van der Waals surface area contributed by atoms with E-state index in [1.165, 1.54) is 0 Å². The smallest absolute Gasteiger partial charge is 0.201 e. The summed E-state index contributed by atoms with van der Waals surface area (Å²) < 4.78 is 2.20. The summed E-state index contributed by atoms with van der Waals surface area (Å²) in [4.78, 5) is 4.39. The SMILES string of the molecule is CCC(CC)(Cn1c(N)nc2cc(Cl)c(Cl)cc21)SC. The number of halogens is 2. The van der Waals surface area contributed by atoms with E-state index < -0.39 is 0 Å². The maximum atomic E-state index is 6.12. The van der Waals surface area contributed by atoms with Gasteiger partial charge in [-0.25, -0.2) is 4.98 Å². The van der Waals surface area contributed by atoms with Crippen molar-refractivity contribution in [3.8, 4) is 0 Å². The first-order chi connectivity index (χ1) is 9.46. The molecule has 0 unspecified atom stereocenters. The molecule has 110 valence electrons. The van der Waals surface area contributed by atoms with Crippen LogP contribution in [0.1, 0.15) is 26.7 Å². The second-order valence-electron chi connectivity index (χ2n) is 4.91. The number of fused-ring (bicyclic) bond motifs is 1. The molecule has 0 aliphatic heterocycles. The van der Waals surface area contributed by atoms with Crippen molar-refractivity contribution in [2.45, 2.75) is 38.0 Å². The van der Waals surface area contributed by atoms with Gasteiger partial charge in [0.25, 0.3) is 0 Å². The Morgan fingerprint density at radius 2 is 1.85 bits per heavy atom. The molecule has 2 N–H and O–H groups in total. The van der Waals surface area contributed by atoms with Crippen LogP contribution in [0.4, 0.5) is 5.95 Å². The first-order valence-corrected chi connectivity index (χ1v) is 8.60. The number of benzene rings is 1. The zero-order valence-electron chi connectivity index (χ0n) is 11.9. The minimum Gasteiger partial charge on any atom is -0.369 e. The molecule has 0 saturated heterocycles. The van der Waals surface area contributed by atoms with Crippen LogP contribution in [0.3, 0.4) is 0 Å². The summed E-state index contributed by atoms with van der Waals surface area (Å²) in [5.41, 5.74) is 7.81. The number of nitrogens with two attached hydrogens (primary N) is 1. The maximum Gasteiger partial charge on any atom is 0.201 e. The van der Waals surface area contributed by atoms with Gasteiger partial charge >= 0.3 is 0 Å². The van der Waals surface area contributed by atoms with Crippen LogP contribution < -0.4 is 5.73 Å². The lowest BCUT2D eigenvalue weighted by Crippen LogP contribution is -2.29. The highest BCUT2D eigenvalue weighted by Crippen LogP contribution is 2.35. The molecule has 1 aromatic carbocycles. The minimum atomic E-state index is 0.161. The van der Waals surface area contributed by atoms with Gasteiger partial charge in [0.2, 0.25) is 5.95 Å². The van der Waals surface area contributed by atoms with E-state index in [9.17, 15) is 0 Å². The van der Waals surface area contributed by atoms with Crippen molar-refractivity contribution < 1.29 is 0 Å². The van der Waals surface area contributed by atoms with Crippen LogP contribution in [-0.4, -0.2) is 20.6 Å². The van der Waals surface area contributed by atoms with E-state index in [2.05, 4.69) is 25.1 Å². The van der Waals surface area contributed by atoms with Crippen molar-refractivity contribution in [3.05, 3.63) is 22.2 Å². The van der Waals surface area contributed by atoms with E-state index in [0.29, 0.717) is 16.0 Å². The largest absolute Gasteiger partial charge is 0.369 e. The third-order valence-corrected chi connectivity index (χ3v) is 6.28. The molecule has 1 aromatic heterocycles. The molecule has 20 heavy (non-hydrogen) atoms. The van der Waals surface area contributed by atoms with Gasteiger partial charge in [0.1, 0.15) is 0 Å². The zero-order valence-corrected chi connectivity index (χ0v) is 14.2. The molecule has 0 bridgehead atoms. The van der Waals surface area contributed by atoms with E-state index in [1.807, 2.05) is 22.4 Å². The van der Waals surface area contributed by atoms with Crippen molar-refractivity contribution in [3.63, 3.8) is 0 Å². The predicted molar refractivity (Wildman–Crippen MR) is 91.0 cm³/mol. The standard InChI is InChI=1S/C14H19Cl2N3S/c1-4-14(5-2,20-3)8-19-12-7-10(16)9(15)6-11(12)18-13(19)17/h6-7H,4-5,8H2,1-3H3,(H2,17,18). The van der Waals surface area contributed by atoms with Crippen LogP contribution >= 0.6 is 35.0 Å². The van der Waals surface area contributed by atoms with Gasteiger partial charge in [-0.1, -0.05) is 37.0 Å². The Labute approximate surface area is 133 Å². The lowest BCUT2D eigenvalue weighted by molar-refractivity contribution is 0.476. The van der Waals surface area contributed by atoms with E-state index in [0.717, 1.165) is 30.4 Å². The molecule has 2 aromatic rings. The number of hydrogen-bond acceptors (Lipinski definition) is 3. The molecule has 0 aliphatic carbocycles. The number of thioether (sulfide) groups is 1. The lowest BCUT2D eigenvalue weighted by atomic mass is 10.0. The van der Waals surface area contributed by atoms with E-state index >= 15 is 0 Å². The summed E-state index contributed by atoms with van der Waals surface area (Å²) >= 11 is 14.0. The Morgan fingerprint density at radius 1 is 1.25 bits per heavy atom. The lowest BCUT2D eigenvalue weighted by Gasteiger charge is -2.30. The predicted octanol–water partition coefficient (Wildman–Crippen LogP) is 4.85. The van der Waals surface area contributed by atoms with Gasteiger partial charge < -0.3 is 10.3 Å². The third kappa shape index (κ3) is 2.74. The number of hydrogen-bond donors (Lipinski definition) is 1. The highest BCUT2D eigenvalue weighted by molar-refractivity contribution is 8.00. The van der Waals surface area contributed by atoms with Crippen LogP contribution in [0.25, 0.3) is 11.0 Å². The van der Waals surface area contributed by atoms with Crippen LogP contribution in [0.2, 0.25) is 10.0 Å². The van der Waals surface area contributed by atoms with Gasteiger partial charge in [0.05, 0.1) is 21.1 Å². The summed E-state index contributed by atoms with van der Waals surface area (Å²) in [7, 11) is 0. The zero-order chi connectivity index (χ0) is 14.9. The second-order valence-corrected chi connectivity index (χ2v) is 6.99. The van der Waals surface area contributed by atoms with Crippen molar-refractivity contribution in [1.29, 1.82) is 0 Å². The number of rotatable bonds is 5. The van der Waals surface area contributed by atoms with Crippen LogP contribution in [-0.2, 0) is 6.54 Å². The molecule has 6 heteroatoms. The molecule has 0 atom stereocenters. The average molecular weight is 332 g/mol. The Bertz CT molecular complexity index is 612. The minimum absolute atomic E-state index is 0.161. The summed E-state index contributed by atoms with van der Waals surface area (Å²) in [6.07, 6.45) is 4.29. The van der Waals surface area contributed by atoms with Crippen LogP contribution in [0.5, 0.6) is 0 Å². The molecule has 0 aliphatic rings.